The third-order valence-electron chi connectivity index (χ3n) is 14.3. The lowest BCUT2D eigenvalue weighted by Crippen LogP contribution is -2.25. The van der Waals surface area contributed by atoms with E-state index in [0.29, 0.717) is 18.2 Å². The van der Waals surface area contributed by atoms with Crippen molar-refractivity contribution in [1.82, 2.24) is 9.55 Å². The second-order valence-corrected chi connectivity index (χ2v) is 22.5. The minimum atomic E-state index is -0.301. The average molecular weight is 963 g/mol. The second kappa shape index (κ2) is 17.9. The molecule has 0 saturated heterocycles. The van der Waals surface area contributed by atoms with Crippen molar-refractivity contribution in [1.29, 1.82) is 0 Å². The lowest BCUT2D eigenvalue weighted by Gasteiger charge is -2.30. The van der Waals surface area contributed by atoms with Crippen molar-refractivity contribution in [2.45, 2.75) is 78.6 Å². The Balaban J connectivity index is 1.09. The molecule has 0 bridgehead atoms. The molecule has 11 rings (SSSR count). The summed E-state index contributed by atoms with van der Waals surface area (Å²) in [6, 6.07) is 60.8. The molecule has 3 heterocycles. The first-order valence-corrected chi connectivity index (χ1v) is 25.2. The number of fused-ring (bicyclic) bond motifs is 4. The number of anilines is 4. The van der Waals surface area contributed by atoms with E-state index in [4.69, 9.17) is 9.72 Å². The Labute approximate surface area is 428 Å². The maximum absolute atomic E-state index is 14.7. The van der Waals surface area contributed by atoms with Crippen LogP contribution < -0.4 is 14.5 Å². The van der Waals surface area contributed by atoms with Gasteiger partial charge < -0.3 is 14.5 Å². The van der Waals surface area contributed by atoms with Crippen molar-refractivity contribution in [3.8, 4) is 50.7 Å². The summed E-state index contributed by atoms with van der Waals surface area (Å²) in [5.41, 5.74) is 14.9. The summed E-state index contributed by atoms with van der Waals surface area (Å²) in [6.45, 7) is 20.5. The minimum absolute atomic E-state index is 0.0569. The molecule has 0 spiro atoms. The minimum Gasteiger partial charge on any atom is -0.457 e. The van der Waals surface area contributed by atoms with Crippen molar-refractivity contribution in [2.75, 3.05) is 16.5 Å². The van der Waals surface area contributed by atoms with Gasteiger partial charge in [-0.3, -0.25) is 4.57 Å². The lowest BCUT2D eigenvalue weighted by molar-refractivity contribution is 0.483. The van der Waals surface area contributed by atoms with Gasteiger partial charge in [-0.05, 0) is 146 Å². The van der Waals surface area contributed by atoms with Gasteiger partial charge in [0.1, 0.15) is 35.6 Å². The first-order valence-electron chi connectivity index (χ1n) is 25.2. The van der Waals surface area contributed by atoms with Crippen LogP contribution in [0.5, 0.6) is 11.5 Å². The van der Waals surface area contributed by atoms with Gasteiger partial charge in [0.15, 0.2) is 0 Å². The Morgan fingerprint density at radius 1 is 0.452 bits per heavy atom. The Bertz CT molecular complexity index is 3650. The van der Waals surface area contributed by atoms with E-state index in [1.54, 1.807) is 0 Å². The summed E-state index contributed by atoms with van der Waals surface area (Å²) in [6.07, 6.45) is 1.91. The predicted molar refractivity (Wildman–Crippen MR) is 299 cm³/mol. The molecule has 73 heavy (non-hydrogen) atoms. The number of rotatable bonds is 8. The number of nitrogens with zero attached hydrogens (tertiary/aromatic N) is 4. The number of halogens is 2. The van der Waals surface area contributed by atoms with Crippen molar-refractivity contribution in [3.63, 3.8) is 0 Å². The number of aromatic nitrogens is 2. The van der Waals surface area contributed by atoms with Gasteiger partial charge in [0.25, 0.3) is 0 Å². The van der Waals surface area contributed by atoms with Crippen LogP contribution in [0.2, 0.25) is 0 Å². The molecule has 0 unspecified atom stereocenters. The number of para-hydroxylation sites is 3. The topological polar surface area (TPSA) is 33.5 Å². The molecule has 10 aromatic rings. The summed E-state index contributed by atoms with van der Waals surface area (Å²) < 4.78 is 38.7. The molecule has 0 amide bonds. The Morgan fingerprint density at radius 2 is 1.04 bits per heavy atom. The Kier molecular flexibility index (Phi) is 11.6. The van der Waals surface area contributed by atoms with Crippen LogP contribution in [0.1, 0.15) is 79.0 Å². The van der Waals surface area contributed by atoms with Crippen LogP contribution in [0.3, 0.4) is 0 Å². The SMILES string of the molecule is CC(C)(C)c1ccnc(-n2c3ccccc3c3ccc(Oc4cc(-c5ccccc5C(C)(C)C)cc(N5CN(c6c(-c7ccc(F)cc7)cc(C(C)(C)C)cc6-c6ccc(F)cc6)c6ccccc65)c4)cc32)c1. The summed E-state index contributed by atoms with van der Waals surface area (Å²) in [7, 11) is 0. The fourth-order valence-electron chi connectivity index (χ4n) is 10.4. The molecule has 1 aliphatic heterocycles. The van der Waals surface area contributed by atoms with E-state index in [1.807, 2.05) is 30.5 Å². The van der Waals surface area contributed by atoms with Gasteiger partial charge >= 0.3 is 0 Å². The van der Waals surface area contributed by atoms with Crippen molar-refractivity contribution in [2.24, 2.45) is 0 Å². The number of benzene rings is 8. The predicted octanol–water partition coefficient (Wildman–Crippen LogP) is 18.4. The molecule has 0 radical (unpaired) electrons. The maximum Gasteiger partial charge on any atom is 0.137 e. The van der Waals surface area contributed by atoms with Crippen LogP contribution in [-0.2, 0) is 16.2 Å². The third kappa shape index (κ3) is 8.92. The highest BCUT2D eigenvalue weighted by Crippen LogP contribution is 2.52. The third-order valence-corrected chi connectivity index (χ3v) is 14.3. The molecule has 0 saturated carbocycles. The fraction of sp³-hybridized carbons (Fsp3) is 0.197. The molecule has 5 nitrogen and oxygen atoms in total. The van der Waals surface area contributed by atoms with E-state index in [2.05, 4.69) is 210 Å². The van der Waals surface area contributed by atoms with Crippen LogP contribution in [0, 0.1) is 11.6 Å². The molecular weight excluding hydrogens is 903 g/mol. The zero-order valence-corrected chi connectivity index (χ0v) is 43.1. The molecule has 2 aromatic heterocycles. The van der Waals surface area contributed by atoms with Crippen LogP contribution in [0.25, 0.3) is 61.0 Å². The van der Waals surface area contributed by atoms with E-state index in [-0.39, 0.29) is 27.9 Å². The number of pyridine rings is 1. The monoisotopic (exact) mass is 962 g/mol. The van der Waals surface area contributed by atoms with E-state index in [1.165, 1.54) is 35.4 Å². The summed E-state index contributed by atoms with van der Waals surface area (Å²) >= 11 is 0. The highest BCUT2D eigenvalue weighted by molar-refractivity contribution is 6.09. The molecule has 0 atom stereocenters. The molecular formula is C66H60F2N4O. The van der Waals surface area contributed by atoms with E-state index in [9.17, 15) is 8.78 Å². The molecule has 1 aliphatic rings. The summed E-state index contributed by atoms with van der Waals surface area (Å²) in [5.74, 6) is 1.64. The van der Waals surface area contributed by atoms with Crippen LogP contribution in [0.4, 0.5) is 31.5 Å². The number of hydrogen-bond donors (Lipinski definition) is 0. The van der Waals surface area contributed by atoms with Crippen molar-refractivity contribution < 1.29 is 13.5 Å². The van der Waals surface area contributed by atoms with Gasteiger partial charge in [-0.2, -0.15) is 0 Å². The van der Waals surface area contributed by atoms with Gasteiger partial charge in [-0.25, -0.2) is 13.8 Å². The van der Waals surface area contributed by atoms with Crippen molar-refractivity contribution >= 4 is 44.6 Å². The summed E-state index contributed by atoms with van der Waals surface area (Å²) in [5, 5.41) is 2.26. The lowest BCUT2D eigenvalue weighted by atomic mass is 9.82. The molecule has 0 N–H and O–H groups in total. The standard InChI is InChI=1S/C66H60F2N4O/c1-64(2,3)45-32-33-69-62(38-45)72-58-19-13-11-17-53(58)54-31-30-50(40-61(54)72)73-51-35-44(52-16-10-12-18-57(52)66(7,8)9)34-49(39-51)70-41-71(60-21-15-14-20-59(60)70)63-55(42-22-26-47(67)27-23-42)36-46(65(4,5)6)37-56(63)43-24-28-48(68)29-25-43/h10-40H,41H2,1-9H3. The average Bonchev–Trinajstić information content (AvgIpc) is 3.92. The van der Waals surface area contributed by atoms with E-state index >= 15 is 0 Å². The van der Waals surface area contributed by atoms with E-state index < -0.39 is 0 Å². The first-order chi connectivity index (χ1) is 34.9. The van der Waals surface area contributed by atoms with Gasteiger partial charge in [0, 0.05) is 45.9 Å². The molecule has 364 valence electrons. The fourth-order valence-corrected chi connectivity index (χ4v) is 10.4. The van der Waals surface area contributed by atoms with Crippen LogP contribution in [0.15, 0.2) is 188 Å². The number of ether oxygens (including phenoxy) is 1. The first kappa shape index (κ1) is 47.3. The quantitative estimate of drug-likeness (QED) is 0.152. The van der Waals surface area contributed by atoms with Crippen LogP contribution in [-0.4, -0.2) is 16.2 Å². The highest BCUT2D eigenvalue weighted by Gasteiger charge is 2.33. The highest BCUT2D eigenvalue weighted by atomic mass is 19.1. The Hall–Kier alpha value is -8.03. The smallest absolute Gasteiger partial charge is 0.137 e. The van der Waals surface area contributed by atoms with E-state index in [0.717, 1.165) is 89.3 Å². The second-order valence-electron chi connectivity index (χ2n) is 22.5. The Morgan fingerprint density at radius 3 is 1.68 bits per heavy atom. The molecule has 0 fully saturated rings. The number of hydrogen-bond acceptors (Lipinski definition) is 4. The molecule has 0 aliphatic carbocycles. The zero-order chi connectivity index (χ0) is 51.0. The maximum atomic E-state index is 14.7. The van der Waals surface area contributed by atoms with Crippen LogP contribution >= 0.6 is 0 Å². The van der Waals surface area contributed by atoms with Gasteiger partial charge in [0.05, 0.1) is 28.1 Å². The van der Waals surface area contributed by atoms with Gasteiger partial charge in [0.2, 0.25) is 0 Å². The largest absolute Gasteiger partial charge is 0.457 e. The summed E-state index contributed by atoms with van der Waals surface area (Å²) in [4.78, 5) is 9.63. The van der Waals surface area contributed by atoms with Gasteiger partial charge in [-0.15, -0.1) is 0 Å². The van der Waals surface area contributed by atoms with Crippen molar-refractivity contribution in [3.05, 3.63) is 217 Å². The zero-order valence-electron chi connectivity index (χ0n) is 43.1. The molecule has 7 heteroatoms. The normalized spacial score (nSPS) is 13.0. The van der Waals surface area contributed by atoms with Gasteiger partial charge in [-0.1, -0.05) is 141 Å². The molecule has 8 aromatic carbocycles.